The first-order chi connectivity index (χ1) is 10.4. The van der Waals surface area contributed by atoms with Crippen LogP contribution >= 0.6 is 0 Å². The Labute approximate surface area is 136 Å². The van der Waals surface area contributed by atoms with Gasteiger partial charge in [-0.15, -0.1) is 0 Å². The van der Waals surface area contributed by atoms with E-state index in [2.05, 4.69) is 30.0 Å². The summed E-state index contributed by atoms with van der Waals surface area (Å²) in [6.07, 6.45) is 6.91. The van der Waals surface area contributed by atoms with Crippen molar-refractivity contribution in [1.29, 1.82) is 5.53 Å². The van der Waals surface area contributed by atoms with E-state index in [9.17, 15) is 0 Å². The van der Waals surface area contributed by atoms with E-state index in [4.69, 9.17) is 11.3 Å². The van der Waals surface area contributed by atoms with Crippen LogP contribution in [0.25, 0.3) is 0 Å². The van der Waals surface area contributed by atoms with E-state index in [0.717, 1.165) is 22.8 Å². The van der Waals surface area contributed by atoms with E-state index in [1.165, 1.54) is 0 Å². The molecule has 0 aliphatic carbocycles. The van der Waals surface area contributed by atoms with E-state index in [1.54, 1.807) is 24.8 Å². The molecule has 2 unspecified atom stereocenters. The quantitative estimate of drug-likeness (QED) is 0.664. The first-order valence-corrected chi connectivity index (χ1v) is 6.83. The van der Waals surface area contributed by atoms with Crippen molar-refractivity contribution in [2.24, 2.45) is 10.8 Å². The van der Waals surface area contributed by atoms with Gasteiger partial charge in [0, 0.05) is 42.0 Å². The summed E-state index contributed by atoms with van der Waals surface area (Å²) in [4.78, 5) is 19.0. The molecule has 8 nitrogen and oxygen atoms in total. The van der Waals surface area contributed by atoms with E-state index >= 15 is 0 Å². The number of nitrogens with two attached hydrogens (primary N) is 1. The summed E-state index contributed by atoms with van der Waals surface area (Å²) >= 11 is 0. The highest BCUT2D eigenvalue weighted by Gasteiger charge is 2.08. The van der Waals surface area contributed by atoms with E-state index in [0.29, 0.717) is 0 Å². The Balaban J connectivity index is 0.000000409. The molecule has 2 aromatic heterocycles. The molecule has 2 heterocycles. The zero-order chi connectivity index (χ0) is 16.5. The number of nitrogens with zero attached hydrogens (tertiary/aromatic N) is 6. The second-order valence-corrected chi connectivity index (χ2v) is 4.81. The third-order valence-electron chi connectivity index (χ3n) is 2.84. The fraction of sp³-hybridized carbons (Fsp3) is 0.467. The zero-order valence-electron chi connectivity index (χ0n) is 13.2. The summed E-state index contributed by atoms with van der Waals surface area (Å²) in [5, 5.41) is 3.64. The van der Waals surface area contributed by atoms with Crippen molar-refractivity contribution < 1.29 is 0 Å². The molecule has 2 aromatic rings. The molecule has 0 amide bonds. The minimum absolute atomic E-state index is 0. The van der Waals surface area contributed by atoms with E-state index in [-0.39, 0.29) is 19.5 Å². The second kappa shape index (κ2) is 10.2. The predicted molar refractivity (Wildman–Crippen MR) is 88.6 cm³/mol. The van der Waals surface area contributed by atoms with Crippen LogP contribution in [0.5, 0.6) is 0 Å². The number of rotatable bonds is 3. The zero-order valence-corrected chi connectivity index (χ0v) is 13.2. The Bertz CT molecular complexity index is 615. The fourth-order valence-electron chi connectivity index (χ4n) is 1.41. The van der Waals surface area contributed by atoms with Gasteiger partial charge in [0.25, 0.3) is 0 Å². The normalized spacial score (nSPS) is 11.9. The Hall–Kier alpha value is -2.57. The summed E-state index contributed by atoms with van der Waals surface area (Å²) in [6.45, 7) is 7.42. The first-order valence-electron chi connectivity index (χ1n) is 6.83. The second-order valence-electron chi connectivity index (χ2n) is 4.81. The summed E-state index contributed by atoms with van der Waals surface area (Å²) in [5.74, 6) is 1.51. The molecule has 0 aliphatic rings. The molecule has 0 saturated carbocycles. The van der Waals surface area contributed by atoms with Gasteiger partial charge >= 0.3 is 0 Å². The molecule has 0 radical (unpaired) electrons. The summed E-state index contributed by atoms with van der Waals surface area (Å²) in [6, 6.07) is -0.108. The maximum Gasteiger partial charge on any atom is 0.214 e. The molecule has 0 saturated heterocycles. The molecule has 2 rings (SSSR count). The number of hydrogen-bond donors (Lipinski definition) is 2. The van der Waals surface area contributed by atoms with Crippen molar-refractivity contribution in [2.45, 2.75) is 47.2 Å². The Morgan fingerprint density at radius 3 is 1.70 bits per heavy atom. The molecular weight excluding hydrogens is 292 g/mol. The van der Waals surface area contributed by atoms with Gasteiger partial charge in [-0.3, -0.25) is 0 Å². The Morgan fingerprint density at radius 2 is 1.35 bits per heavy atom. The standard InChI is InChI=1S/C7H10N5.C7H11N3.CH4/c1-5(11-12-8)7-3-9-6(2)10-4-7;1-5(8)7-3-9-6(2)10-4-7;/h3-5,8H,1-2H3;3-5H,8H2,1-2H3;1H4/q+1;;. The van der Waals surface area contributed by atoms with Gasteiger partial charge in [-0.1, -0.05) is 7.43 Å². The van der Waals surface area contributed by atoms with Crippen LogP contribution in [0.3, 0.4) is 0 Å². The third-order valence-corrected chi connectivity index (χ3v) is 2.84. The first kappa shape index (κ1) is 20.4. The van der Waals surface area contributed by atoms with Crippen molar-refractivity contribution in [3.63, 3.8) is 0 Å². The van der Waals surface area contributed by atoms with Crippen LogP contribution in [-0.2, 0) is 0 Å². The molecule has 124 valence electrons. The predicted octanol–water partition coefficient (Wildman–Crippen LogP) is 2.84. The third kappa shape index (κ3) is 7.30. The van der Waals surface area contributed by atoms with Crippen LogP contribution in [-0.4, -0.2) is 19.9 Å². The monoisotopic (exact) mass is 317 g/mol. The molecule has 0 aliphatic heterocycles. The fourth-order valence-corrected chi connectivity index (χ4v) is 1.41. The van der Waals surface area contributed by atoms with Crippen molar-refractivity contribution >= 4 is 0 Å². The Morgan fingerprint density at radius 1 is 0.957 bits per heavy atom. The molecule has 0 bridgehead atoms. The summed E-state index contributed by atoms with van der Waals surface area (Å²) < 4.78 is 0. The van der Waals surface area contributed by atoms with E-state index < -0.39 is 0 Å². The molecule has 8 heteroatoms. The van der Waals surface area contributed by atoms with Crippen molar-refractivity contribution in [2.75, 3.05) is 0 Å². The van der Waals surface area contributed by atoms with Gasteiger partial charge in [-0.2, -0.15) is 0 Å². The van der Waals surface area contributed by atoms with Crippen LogP contribution in [0.1, 0.15) is 56.1 Å². The van der Waals surface area contributed by atoms with Crippen molar-refractivity contribution in [1.82, 2.24) is 24.8 Å². The molecule has 0 aromatic carbocycles. The van der Waals surface area contributed by atoms with Gasteiger partial charge in [-0.25, -0.2) is 19.9 Å². The number of aromatic nitrogens is 4. The van der Waals surface area contributed by atoms with Gasteiger partial charge in [0.1, 0.15) is 22.3 Å². The van der Waals surface area contributed by atoms with Crippen LogP contribution in [0.4, 0.5) is 0 Å². The van der Waals surface area contributed by atoms with Crippen LogP contribution in [0.2, 0.25) is 0 Å². The molecule has 3 N–H and O–H groups in total. The molecule has 0 spiro atoms. The maximum atomic E-state index is 6.54. The van der Waals surface area contributed by atoms with Crippen molar-refractivity contribution in [3.05, 3.63) is 47.6 Å². The lowest BCUT2D eigenvalue weighted by Gasteiger charge is -2.02. The lowest BCUT2D eigenvalue weighted by molar-refractivity contribution is 0.710. The summed E-state index contributed by atoms with van der Waals surface area (Å²) in [7, 11) is 0. The molecular formula is C15H25N8+. The smallest absolute Gasteiger partial charge is 0.214 e. The van der Waals surface area contributed by atoms with Crippen molar-refractivity contribution in [3.8, 4) is 0 Å². The highest BCUT2D eigenvalue weighted by Crippen LogP contribution is 2.12. The number of aryl methyl sites for hydroxylation is 2. The average molecular weight is 317 g/mol. The SMILES string of the molecule is C.Cc1ncc(C(C)N)cn1.Cc1ncc(C(C)N=[N+]=N)cn1. The van der Waals surface area contributed by atoms with Crippen LogP contribution < -0.4 is 10.6 Å². The Kier molecular flexibility index (Phi) is 9.07. The highest BCUT2D eigenvalue weighted by atomic mass is 15.1. The lowest BCUT2D eigenvalue weighted by Crippen LogP contribution is -2.06. The topological polar surface area (TPSA) is 128 Å². The highest BCUT2D eigenvalue weighted by molar-refractivity contribution is 5.09. The maximum absolute atomic E-state index is 6.54. The summed E-state index contributed by atoms with van der Waals surface area (Å²) in [5.41, 5.74) is 14.0. The minimum Gasteiger partial charge on any atom is -0.324 e. The van der Waals surface area contributed by atoms with Gasteiger partial charge in [0.15, 0.2) is 6.04 Å². The van der Waals surface area contributed by atoms with Gasteiger partial charge in [-0.05, 0) is 27.7 Å². The number of nitrogens with one attached hydrogen (secondary N) is 1. The van der Waals surface area contributed by atoms with E-state index in [1.807, 2.05) is 27.7 Å². The molecule has 2 atom stereocenters. The van der Waals surface area contributed by atoms with Gasteiger partial charge < -0.3 is 5.73 Å². The van der Waals surface area contributed by atoms with Crippen LogP contribution in [0.15, 0.2) is 29.9 Å². The molecule has 0 fully saturated rings. The van der Waals surface area contributed by atoms with Gasteiger partial charge in [0.2, 0.25) is 4.91 Å². The van der Waals surface area contributed by atoms with Gasteiger partial charge in [0.05, 0.1) is 0 Å². The lowest BCUT2D eigenvalue weighted by atomic mass is 10.2. The number of hydrogen-bond acceptors (Lipinski definition) is 7. The minimum atomic E-state index is -0.136. The molecule has 23 heavy (non-hydrogen) atoms. The average Bonchev–Trinajstić information content (AvgIpc) is 2.49. The largest absolute Gasteiger partial charge is 0.324 e. The van der Waals surface area contributed by atoms with Crippen LogP contribution in [0, 0.1) is 19.4 Å².